The molecule has 2 aliphatic carbocycles. The molecule has 15 heteroatoms. The first kappa shape index (κ1) is 42.0. The van der Waals surface area contributed by atoms with Gasteiger partial charge in [0.25, 0.3) is 0 Å². The largest absolute Gasteiger partial charge is 0.479 e. The molecule has 4 fully saturated rings. The summed E-state index contributed by atoms with van der Waals surface area (Å²) < 4.78 is 18.1. The van der Waals surface area contributed by atoms with Gasteiger partial charge in [-0.1, -0.05) is 46.0 Å². The molecule has 0 radical (unpaired) electrons. The third-order valence-corrected chi connectivity index (χ3v) is 12.6. The number of carbonyl (C=O) groups is 2. The van der Waals surface area contributed by atoms with Crippen molar-refractivity contribution in [1.82, 2.24) is 5.32 Å². The standard InChI is InChI=1S/C38H61N3O12/c1-3-4-5-6-7-20(2)23(16-21-14-15-40-18-21)19-41-36(49)38(50)33(45)30(44)32(35(47)48)53-37(38)51-25-12-13-26-27(17-25)52-31(34(39)46)28(29(26)43)22-8-10-24(42)11-9-22/h14-15,18,20,22-33,36-37,41-45,49-50H,3-13,16-17,19H2,1-2H3,(H2-,39,46,47,48)/p+1. The zero-order valence-electron chi connectivity index (χ0n) is 31.0. The Morgan fingerprint density at radius 2 is 1.79 bits per heavy atom. The number of ether oxygens (including phenoxy) is 3. The fraction of sp³-hybridized carbons (Fsp3) is 0.842. The topological polar surface area (TPSA) is 254 Å². The lowest BCUT2D eigenvalue weighted by Gasteiger charge is -2.52. The molecule has 0 aromatic rings. The molecule has 5 aliphatic rings. The number of carboxylic acid groups (broad SMARTS) is 1. The Labute approximate surface area is 312 Å². The molecule has 14 atom stereocenters. The predicted octanol–water partition coefficient (Wildman–Crippen LogP) is 0.908. The highest BCUT2D eigenvalue weighted by Crippen LogP contribution is 2.46. The Bertz CT molecular complexity index is 1280. The normalized spacial score (nSPS) is 40.4. The quantitative estimate of drug-likeness (QED) is 0.0570. The number of aliphatic hydroxyl groups excluding tert-OH is 5. The number of nitrogens with zero attached hydrogens (tertiary/aromatic N) is 1. The molecular weight excluding hydrogens is 690 g/mol. The number of amides is 1. The van der Waals surface area contributed by atoms with Gasteiger partial charge in [0.2, 0.25) is 5.91 Å². The van der Waals surface area contributed by atoms with E-state index in [1.165, 1.54) is 0 Å². The maximum Gasteiger partial charge on any atom is 0.335 e. The van der Waals surface area contributed by atoms with Gasteiger partial charge in [0, 0.05) is 31.2 Å². The number of fused-ring (bicyclic) bond motifs is 1. The van der Waals surface area contributed by atoms with Crippen LogP contribution in [-0.4, -0.2) is 127 Å². The van der Waals surface area contributed by atoms with Crippen molar-refractivity contribution in [3.05, 3.63) is 18.2 Å². The van der Waals surface area contributed by atoms with Crippen LogP contribution < -0.4 is 11.1 Å². The molecule has 10 N–H and O–H groups in total. The van der Waals surface area contributed by atoms with Gasteiger partial charge in [-0.05, 0) is 56.3 Å². The van der Waals surface area contributed by atoms with Crippen molar-refractivity contribution >= 4 is 18.1 Å². The van der Waals surface area contributed by atoms with Gasteiger partial charge in [-0.15, -0.1) is 4.99 Å². The SMILES string of the molecule is CCCCCCC(C)C(CNC(O)C1(O)C(OC2CCC3C(C2)OC(C(N)=O)C(C2CCC(O)CC2)C3O)OC(C(=O)O)C(O)C1O)CC1=C[CH+]N=C1. The van der Waals surface area contributed by atoms with Gasteiger partial charge >= 0.3 is 5.97 Å². The third-order valence-electron chi connectivity index (χ3n) is 12.6. The zero-order valence-corrected chi connectivity index (χ0v) is 31.0. The van der Waals surface area contributed by atoms with Crippen LogP contribution in [-0.2, 0) is 23.8 Å². The van der Waals surface area contributed by atoms with Crippen molar-refractivity contribution < 1.29 is 59.5 Å². The molecule has 14 unspecified atom stereocenters. The highest BCUT2D eigenvalue weighted by Gasteiger charge is 2.62. The number of aliphatic carboxylic acids is 1. The number of carbonyl (C=O) groups excluding carboxylic acids is 1. The third kappa shape index (κ3) is 9.62. The minimum Gasteiger partial charge on any atom is -0.479 e. The number of aliphatic hydroxyl groups is 6. The van der Waals surface area contributed by atoms with Crippen LogP contribution in [0.2, 0.25) is 0 Å². The first-order chi connectivity index (χ1) is 25.3. The number of rotatable bonds is 17. The molecule has 0 aromatic heterocycles. The van der Waals surface area contributed by atoms with E-state index in [0.717, 1.165) is 37.7 Å². The Morgan fingerprint density at radius 1 is 1.06 bits per heavy atom. The number of carboxylic acids is 1. The zero-order chi connectivity index (χ0) is 38.4. The number of nitrogens with two attached hydrogens (primary N) is 1. The van der Waals surface area contributed by atoms with Gasteiger partial charge in [-0.25, -0.2) is 4.79 Å². The van der Waals surface area contributed by atoms with Gasteiger partial charge in [-0.3, -0.25) is 10.1 Å². The van der Waals surface area contributed by atoms with Gasteiger partial charge in [0.1, 0.15) is 36.7 Å². The average molecular weight is 753 g/mol. The molecule has 3 heterocycles. The summed E-state index contributed by atoms with van der Waals surface area (Å²) in [4.78, 5) is 28.9. The molecule has 3 aliphatic heterocycles. The smallest absolute Gasteiger partial charge is 0.335 e. The van der Waals surface area contributed by atoms with Crippen molar-refractivity contribution in [2.75, 3.05) is 6.54 Å². The van der Waals surface area contributed by atoms with Crippen LogP contribution in [0.3, 0.4) is 0 Å². The predicted molar refractivity (Wildman–Crippen MR) is 192 cm³/mol. The van der Waals surface area contributed by atoms with Gasteiger partial charge < -0.3 is 55.7 Å². The van der Waals surface area contributed by atoms with E-state index in [9.17, 15) is 45.3 Å². The number of unbranched alkanes of at least 4 members (excludes halogenated alkanes) is 3. The number of aliphatic imine (C=N–C) groups is 1. The van der Waals surface area contributed by atoms with Crippen LogP contribution in [0.1, 0.15) is 97.3 Å². The molecule has 53 heavy (non-hydrogen) atoms. The molecule has 2 saturated heterocycles. The van der Waals surface area contributed by atoms with Crippen LogP contribution in [0.25, 0.3) is 0 Å². The number of hydrogen-bond donors (Lipinski definition) is 9. The number of nitrogens with one attached hydrogen (secondary N) is 1. The lowest BCUT2D eigenvalue weighted by molar-refractivity contribution is -0.367. The van der Waals surface area contributed by atoms with E-state index in [1.54, 1.807) is 12.8 Å². The van der Waals surface area contributed by atoms with Crippen molar-refractivity contribution in [2.45, 2.75) is 164 Å². The summed E-state index contributed by atoms with van der Waals surface area (Å²) in [5.74, 6) is -3.04. The summed E-state index contributed by atoms with van der Waals surface area (Å²) in [5, 5.41) is 80.0. The molecule has 0 aromatic carbocycles. The Kier molecular flexibility index (Phi) is 14.8. The number of primary amides is 1. The van der Waals surface area contributed by atoms with Crippen LogP contribution in [0, 0.1) is 36.1 Å². The van der Waals surface area contributed by atoms with E-state index >= 15 is 0 Å². The molecule has 1 amide bonds. The van der Waals surface area contributed by atoms with E-state index < -0.39 is 84.7 Å². The molecule has 300 valence electrons. The summed E-state index contributed by atoms with van der Waals surface area (Å²) in [5.41, 5.74) is 4.09. The summed E-state index contributed by atoms with van der Waals surface area (Å²) in [6.07, 6.45) is -1.01. The second-order valence-electron chi connectivity index (χ2n) is 16.2. The number of hydrogen-bond acceptors (Lipinski definition) is 13. The van der Waals surface area contributed by atoms with Crippen molar-refractivity contribution in [3.63, 3.8) is 0 Å². The molecular formula is C38H62N3O12+. The lowest BCUT2D eigenvalue weighted by Crippen LogP contribution is -2.75. The van der Waals surface area contributed by atoms with Gasteiger partial charge in [0.05, 0.1) is 30.5 Å². The summed E-state index contributed by atoms with van der Waals surface area (Å²) in [6, 6.07) is 0. The van der Waals surface area contributed by atoms with Crippen LogP contribution in [0.4, 0.5) is 0 Å². The highest BCUT2D eigenvalue weighted by atomic mass is 16.7. The second kappa shape index (κ2) is 18.6. The summed E-state index contributed by atoms with van der Waals surface area (Å²) >= 11 is 0. The summed E-state index contributed by atoms with van der Waals surface area (Å²) in [7, 11) is 0. The highest BCUT2D eigenvalue weighted by molar-refractivity contribution is 5.82. The first-order valence-electron chi connectivity index (χ1n) is 19.7. The van der Waals surface area contributed by atoms with E-state index in [4.69, 9.17) is 19.9 Å². The fourth-order valence-electron chi connectivity index (χ4n) is 9.29. The van der Waals surface area contributed by atoms with E-state index in [0.29, 0.717) is 44.9 Å². The second-order valence-corrected chi connectivity index (χ2v) is 16.2. The molecule has 0 spiro atoms. The summed E-state index contributed by atoms with van der Waals surface area (Å²) in [6.45, 7) is 6.20. The van der Waals surface area contributed by atoms with Gasteiger partial charge in [-0.2, -0.15) is 0 Å². The van der Waals surface area contributed by atoms with Gasteiger partial charge in [0.15, 0.2) is 24.2 Å². The molecule has 0 bridgehead atoms. The minimum atomic E-state index is -2.71. The first-order valence-corrected chi connectivity index (χ1v) is 19.7. The van der Waals surface area contributed by atoms with Crippen molar-refractivity contribution in [3.8, 4) is 0 Å². The van der Waals surface area contributed by atoms with E-state index in [2.05, 4.69) is 24.2 Å². The monoisotopic (exact) mass is 752 g/mol. The molecule has 15 nitrogen and oxygen atoms in total. The maximum atomic E-state index is 12.6. The maximum absolute atomic E-state index is 12.6. The lowest BCUT2D eigenvalue weighted by atomic mass is 9.66. The van der Waals surface area contributed by atoms with Crippen molar-refractivity contribution in [2.24, 2.45) is 40.3 Å². The van der Waals surface area contributed by atoms with Crippen LogP contribution >= 0.6 is 0 Å². The van der Waals surface area contributed by atoms with Crippen molar-refractivity contribution in [1.29, 1.82) is 0 Å². The van der Waals surface area contributed by atoms with Crippen LogP contribution in [0.5, 0.6) is 0 Å². The van der Waals surface area contributed by atoms with Crippen LogP contribution in [0.15, 0.2) is 16.6 Å². The Balaban J connectivity index is 1.30. The Morgan fingerprint density at radius 3 is 2.43 bits per heavy atom. The number of allylic oxidation sites excluding steroid dienone is 1. The van der Waals surface area contributed by atoms with E-state index in [-0.39, 0.29) is 36.6 Å². The molecule has 5 rings (SSSR count). The fourth-order valence-corrected chi connectivity index (χ4v) is 9.29. The average Bonchev–Trinajstić information content (AvgIpc) is 3.65. The Hall–Kier alpha value is -2.18. The molecule has 2 saturated carbocycles. The minimum absolute atomic E-state index is 0.0114. The van der Waals surface area contributed by atoms with E-state index in [1.807, 2.05) is 6.08 Å².